The Hall–Kier alpha value is -3.68. The van der Waals surface area contributed by atoms with Crippen molar-refractivity contribution in [3.05, 3.63) is 77.7 Å². The summed E-state index contributed by atoms with van der Waals surface area (Å²) in [5, 5.41) is 20.8. The fraction of sp³-hybridized carbons (Fsp3) is 0.136. The molecule has 0 aliphatic carbocycles. The Balaban J connectivity index is 1.63. The van der Waals surface area contributed by atoms with Gasteiger partial charge in [0, 0.05) is 23.2 Å². The molecule has 1 heterocycles. The first-order valence-corrected chi connectivity index (χ1v) is 9.69. The first-order valence-electron chi connectivity index (χ1n) is 8.87. The van der Waals surface area contributed by atoms with E-state index in [0.29, 0.717) is 18.5 Å². The maximum Gasteiger partial charge on any atom is 0.238 e. The zero-order valence-electron chi connectivity index (χ0n) is 15.5. The summed E-state index contributed by atoms with van der Waals surface area (Å²) < 4.78 is 0. The molecule has 29 heavy (non-hydrogen) atoms. The number of nitrogens with one attached hydrogen (secondary N) is 1. The van der Waals surface area contributed by atoms with Crippen LogP contribution in [0.25, 0.3) is 0 Å². The van der Waals surface area contributed by atoms with Gasteiger partial charge in [-0.25, -0.2) is 9.97 Å². The molecule has 0 atom stereocenters. The molecule has 0 saturated carbocycles. The number of rotatable bonds is 7. The molecule has 0 unspecified atom stereocenters. The van der Waals surface area contributed by atoms with E-state index in [9.17, 15) is 4.79 Å². The molecule has 0 bridgehead atoms. The normalized spacial score (nSPS) is 10.0. The highest BCUT2D eigenvalue weighted by atomic mass is 32.2. The molecule has 0 aliphatic heterocycles. The van der Waals surface area contributed by atoms with Gasteiger partial charge in [-0.15, -0.1) is 0 Å². The third-order valence-corrected chi connectivity index (χ3v) is 4.89. The van der Waals surface area contributed by atoms with Crippen molar-refractivity contribution in [1.29, 1.82) is 10.5 Å². The molecule has 1 amide bonds. The van der Waals surface area contributed by atoms with E-state index in [-0.39, 0.29) is 12.3 Å². The summed E-state index contributed by atoms with van der Waals surface area (Å²) in [6.45, 7) is 0. The van der Waals surface area contributed by atoms with E-state index >= 15 is 0 Å². The van der Waals surface area contributed by atoms with Gasteiger partial charge >= 0.3 is 0 Å². The molecular weight excluding hydrogens is 382 g/mol. The van der Waals surface area contributed by atoms with Crippen molar-refractivity contribution in [1.82, 2.24) is 9.97 Å². The monoisotopic (exact) mass is 399 g/mol. The molecule has 6 nitrogen and oxygen atoms in total. The summed E-state index contributed by atoms with van der Waals surface area (Å²) in [5.41, 5.74) is 2.73. The Morgan fingerprint density at radius 3 is 2.38 bits per heavy atom. The van der Waals surface area contributed by atoms with Crippen molar-refractivity contribution in [2.45, 2.75) is 29.2 Å². The minimum absolute atomic E-state index is 0.165. The van der Waals surface area contributed by atoms with Crippen LogP contribution in [0.15, 0.2) is 70.7 Å². The molecule has 7 heteroatoms. The van der Waals surface area contributed by atoms with Crippen LogP contribution in [0.5, 0.6) is 0 Å². The summed E-state index contributed by atoms with van der Waals surface area (Å²) in [5.74, 6) is 0.400. The number of amides is 1. The Bertz CT molecular complexity index is 1070. The van der Waals surface area contributed by atoms with Crippen molar-refractivity contribution >= 4 is 23.4 Å². The Morgan fingerprint density at radius 1 is 0.966 bits per heavy atom. The number of anilines is 1. The summed E-state index contributed by atoms with van der Waals surface area (Å²) in [6, 6.07) is 21.1. The maximum absolute atomic E-state index is 11.5. The molecule has 3 aromatic rings. The standard InChI is InChI=1S/C22H17N5OS/c23-12-9-16-1-3-17(4-2-16)15-20-25-14-11-22(27-20)29-19-7-5-18(6-8-19)26-21(28)10-13-24/h1-8,11,14H,9-10,15H2,(H,26,28). The van der Waals surface area contributed by atoms with Gasteiger partial charge in [-0.1, -0.05) is 36.0 Å². The zero-order chi connectivity index (χ0) is 20.5. The molecule has 0 saturated heterocycles. The lowest BCUT2D eigenvalue weighted by atomic mass is 10.1. The second-order valence-corrected chi connectivity index (χ2v) is 7.24. The molecular formula is C22H17N5OS. The smallest absolute Gasteiger partial charge is 0.238 e. The van der Waals surface area contributed by atoms with Crippen LogP contribution >= 0.6 is 11.8 Å². The third kappa shape index (κ3) is 6.17. The zero-order valence-corrected chi connectivity index (χ0v) is 16.3. The van der Waals surface area contributed by atoms with Gasteiger partial charge in [0.05, 0.1) is 18.6 Å². The average molecular weight is 399 g/mol. The third-order valence-electron chi connectivity index (χ3n) is 3.95. The molecule has 0 radical (unpaired) electrons. The second-order valence-electron chi connectivity index (χ2n) is 6.15. The molecule has 1 aromatic heterocycles. The summed E-state index contributed by atoms with van der Waals surface area (Å²) in [4.78, 5) is 21.4. The number of hydrogen-bond acceptors (Lipinski definition) is 6. The predicted molar refractivity (Wildman–Crippen MR) is 110 cm³/mol. The van der Waals surface area contributed by atoms with E-state index in [1.807, 2.05) is 48.5 Å². The molecule has 0 aliphatic rings. The van der Waals surface area contributed by atoms with Crippen LogP contribution in [-0.2, 0) is 17.6 Å². The summed E-state index contributed by atoms with van der Waals surface area (Å²) in [7, 11) is 0. The highest BCUT2D eigenvalue weighted by Gasteiger charge is 2.05. The first-order chi connectivity index (χ1) is 14.2. The lowest BCUT2D eigenvalue weighted by molar-refractivity contribution is -0.115. The fourth-order valence-electron chi connectivity index (χ4n) is 2.58. The van der Waals surface area contributed by atoms with E-state index in [1.54, 1.807) is 18.3 Å². The fourth-order valence-corrected chi connectivity index (χ4v) is 3.37. The molecule has 2 aromatic carbocycles. The SMILES string of the molecule is N#CCC(=O)Nc1ccc(Sc2ccnc(Cc3ccc(CC#N)cc3)n2)cc1. The summed E-state index contributed by atoms with van der Waals surface area (Å²) in [6.07, 6.45) is 2.60. The van der Waals surface area contributed by atoms with Gasteiger partial charge < -0.3 is 5.32 Å². The van der Waals surface area contributed by atoms with E-state index in [4.69, 9.17) is 10.5 Å². The van der Waals surface area contributed by atoms with Crippen molar-refractivity contribution in [2.24, 2.45) is 0 Å². The van der Waals surface area contributed by atoms with Gasteiger partial charge in [-0.2, -0.15) is 10.5 Å². The highest BCUT2D eigenvalue weighted by Crippen LogP contribution is 2.27. The Morgan fingerprint density at radius 2 is 1.69 bits per heavy atom. The maximum atomic E-state index is 11.5. The topological polar surface area (TPSA) is 102 Å². The van der Waals surface area contributed by atoms with Crippen LogP contribution in [0.3, 0.4) is 0 Å². The van der Waals surface area contributed by atoms with Crippen LogP contribution in [-0.4, -0.2) is 15.9 Å². The molecule has 1 N–H and O–H groups in total. The van der Waals surface area contributed by atoms with Crippen LogP contribution in [0, 0.1) is 22.7 Å². The molecule has 0 spiro atoms. The van der Waals surface area contributed by atoms with Gasteiger partial charge in [-0.05, 0) is 41.5 Å². The number of nitriles is 2. The van der Waals surface area contributed by atoms with Crippen molar-refractivity contribution in [3.8, 4) is 12.1 Å². The van der Waals surface area contributed by atoms with Gasteiger partial charge in [0.25, 0.3) is 0 Å². The number of nitrogens with zero attached hydrogens (tertiary/aromatic N) is 4. The predicted octanol–water partition coefficient (Wildman–Crippen LogP) is 4.14. The summed E-state index contributed by atoms with van der Waals surface area (Å²) >= 11 is 1.51. The van der Waals surface area contributed by atoms with Crippen LogP contribution in [0.4, 0.5) is 5.69 Å². The van der Waals surface area contributed by atoms with Crippen LogP contribution in [0.1, 0.15) is 23.4 Å². The first kappa shape index (κ1) is 20.1. The second kappa shape index (κ2) is 10.0. The largest absolute Gasteiger partial charge is 0.325 e. The van der Waals surface area contributed by atoms with Gasteiger partial charge in [0.1, 0.15) is 17.3 Å². The minimum atomic E-state index is -0.325. The van der Waals surface area contributed by atoms with E-state index in [2.05, 4.69) is 21.4 Å². The number of carbonyl (C=O) groups excluding carboxylic acids is 1. The van der Waals surface area contributed by atoms with Gasteiger partial charge in [0.15, 0.2) is 0 Å². The lowest BCUT2D eigenvalue weighted by Crippen LogP contribution is -2.09. The molecule has 0 fully saturated rings. The van der Waals surface area contributed by atoms with Crippen LogP contribution < -0.4 is 5.32 Å². The quantitative estimate of drug-likeness (QED) is 0.599. The van der Waals surface area contributed by atoms with E-state index in [1.165, 1.54) is 11.8 Å². The highest BCUT2D eigenvalue weighted by molar-refractivity contribution is 7.99. The average Bonchev–Trinajstić information content (AvgIpc) is 2.72. The van der Waals surface area contributed by atoms with Gasteiger partial charge in [-0.3, -0.25) is 4.79 Å². The Kier molecular flexibility index (Phi) is 6.94. The van der Waals surface area contributed by atoms with Crippen molar-refractivity contribution in [2.75, 3.05) is 5.32 Å². The van der Waals surface area contributed by atoms with Crippen LogP contribution in [0.2, 0.25) is 0 Å². The number of aromatic nitrogens is 2. The number of carbonyl (C=O) groups is 1. The minimum Gasteiger partial charge on any atom is -0.325 e. The molecule has 142 valence electrons. The van der Waals surface area contributed by atoms with E-state index in [0.717, 1.165) is 26.9 Å². The van der Waals surface area contributed by atoms with Crippen molar-refractivity contribution < 1.29 is 4.79 Å². The number of benzene rings is 2. The molecule has 3 rings (SSSR count). The number of hydrogen-bond donors (Lipinski definition) is 1. The lowest BCUT2D eigenvalue weighted by Gasteiger charge is -2.06. The Labute approximate surface area is 173 Å². The van der Waals surface area contributed by atoms with E-state index < -0.39 is 0 Å². The van der Waals surface area contributed by atoms with Crippen molar-refractivity contribution in [3.63, 3.8) is 0 Å². The van der Waals surface area contributed by atoms with Gasteiger partial charge in [0.2, 0.25) is 5.91 Å².